The Labute approximate surface area is 180 Å². The fraction of sp³-hybridized carbons (Fsp3) is 0.381. The van der Waals surface area contributed by atoms with Crippen molar-refractivity contribution in [1.82, 2.24) is 4.90 Å². The van der Waals surface area contributed by atoms with Crippen LogP contribution in [0.25, 0.3) is 0 Å². The second-order valence-corrected chi connectivity index (χ2v) is 8.80. The molecule has 0 fully saturated rings. The average Bonchev–Trinajstić information content (AvgIpc) is 2.71. The highest BCUT2D eigenvalue weighted by atomic mass is 32.2. The summed E-state index contributed by atoms with van der Waals surface area (Å²) in [5.41, 5.74) is -0.699. The molecule has 10 heteroatoms. The number of carbonyl (C=O) groups excluding carboxylic acids is 1. The van der Waals surface area contributed by atoms with Crippen molar-refractivity contribution in [3.05, 3.63) is 59.7 Å². The van der Waals surface area contributed by atoms with Crippen molar-refractivity contribution in [2.45, 2.75) is 46.0 Å². The van der Waals surface area contributed by atoms with E-state index < -0.39 is 27.9 Å². The van der Waals surface area contributed by atoms with Crippen molar-refractivity contribution in [1.29, 1.82) is 0 Å². The van der Waals surface area contributed by atoms with Crippen molar-refractivity contribution in [3.63, 3.8) is 0 Å². The predicted molar refractivity (Wildman–Crippen MR) is 112 cm³/mol. The molecule has 2 amide bonds. The first-order chi connectivity index (χ1) is 14.5. The van der Waals surface area contributed by atoms with Crippen LogP contribution in [0, 0.1) is 0 Å². The van der Waals surface area contributed by atoms with Crippen LogP contribution in [-0.4, -0.2) is 31.1 Å². The average molecular weight is 459 g/mol. The van der Waals surface area contributed by atoms with E-state index in [1.54, 1.807) is 19.1 Å². The van der Waals surface area contributed by atoms with Gasteiger partial charge >= 0.3 is 22.3 Å². The van der Waals surface area contributed by atoms with Gasteiger partial charge in [0.25, 0.3) is 0 Å². The highest BCUT2D eigenvalue weighted by Crippen LogP contribution is 2.34. The van der Waals surface area contributed by atoms with Crippen LogP contribution in [-0.2, 0) is 22.8 Å². The lowest BCUT2D eigenvalue weighted by Crippen LogP contribution is -2.41. The summed E-state index contributed by atoms with van der Waals surface area (Å²) in [6, 6.07) is 10.00. The molecule has 0 aliphatic heterocycles. The molecule has 0 heterocycles. The van der Waals surface area contributed by atoms with Gasteiger partial charge in [0.15, 0.2) is 0 Å². The Morgan fingerprint density at radius 3 is 2.42 bits per heavy atom. The number of hydrogen-bond donors (Lipinski definition) is 1. The number of nitrogens with zero attached hydrogens (tertiary/aromatic N) is 1. The summed E-state index contributed by atoms with van der Waals surface area (Å²) >= 11 is 0. The second kappa shape index (κ2) is 10.0. The Kier molecular flexibility index (Phi) is 7.94. The molecule has 2 rings (SSSR count). The zero-order chi connectivity index (χ0) is 23.2. The fourth-order valence-electron chi connectivity index (χ4n) is 2.77. The lowest BCUT2D eigenvalue weighted by atomic mass is 10.1. The molecular weight excluding hydrogens is 433 g/mol. The van der Waals surface area contributed by atoms with Crippen LogP contribution in [0.3, 0.4) is 0 Å². The molecule has 2 aromatic carbocycles. The molecule has 0 unspecified atom stereocenters. The Bertz CT molecular complexity index is 1010. The molecule has 0 aromatic heterocycles. The highest BCUT2D eigenvalue weighted by molar-refractivity contribution is 7.87. The number of para-hydroxylation sites is 1. The van der Waals surface area contributed by atoms with Gasteiger partial charge in [-0.1, -0.05) is 31.2 Å². The molecule has 2 aromatic rings. The normalized spacial score (nSPS) is 12.8. The van der Waals surface area contributed by atoms with Gasteiger partial charge in [0.05, 0.1) is 17.0 Å². The molecular formula is C21H25F3N2O4S. The zero-order valence-electron chi connectivity index (χ0n) is 17.4. The third-order valence-corrected chi connectivity index (χ3v) is 5.84. The van der Waals surface area contributed by atoms with E-state index in [-0.39, 0.29) is 29.8 Å². The minimum absolute atomic E-state index is 0.0540. The van der Waals surface area contributed by atoms with Gasteiger partial charge in [-0.3, -0.25) is 0 Å². The van der Waals surface area contributed by atoms with Crippen molar-refractivity contribution in [2.75, 3.05) is 11.1 Å². The van der Waals surface area contributed by atoms with Crippen LogP contribution in [0.15, 0.2) is 48.5 Å². The Hall–Kier alpha value is -2.75. The lowest BCUT2D eigenvalue weighted by molar-refractivity contribution is -0.136. The predicted octanol–water partition coefficient (Wildman–Crippen LogP) is 5.27. The van der Waals surface area contributed by atoms with Crippen molar-refractivity contribution < 1.29 is 30.6 Å². The van der Waals surface area contributed by atoms with E-state index in [1.165, 1.54) is 42.2 Å². The third kappa shape index (κ3) is 6.88. The van der Waals surface area contributed by atoms with E-state index in [9.17, 15) is 26.4 Å². The Morgan fingerprint density at radius 2 is 1.81 bits per heavy atom. The fourth-order valence-corrected chi connectivity index (χ4v) is 3.29. The summed E-state index contributed by atoms with van der Waals surface area (Å²) < 4.78 is 68.1. The van der Waals surface area contributed by atoms with Crippen LogP contribution in [0.4, 0.5) is 23.7 Å². The zero-order valence-corrected chi connectivity index (χ0v) is 18.3. The molecule has 0 bridgehead atoms. The van der Waals surface area contributed by atoms with Gasteiger partial charge in [-0.25, -0.2) is 4.79 Å². The van der Waals surface area contributed by atoms with Gasteiger partial charge in [0, 0.05) is 12.6 Å². The summed E-state index contributed by atoms with van der Waals surface area (Å²) in [6.45, 7) is 5.13. The maximum atomic E-state index is 13.3. The first kappa shape index (κ1) is 24.5. The maximum absolute atomic E-state index is 13.3. The molecule has 1 N–H and O–H groups in total. The molecule has 0 spiro atoms. The van der Waals surface area contributed by atoms with Gasteiger partial charge in [0.1, 0.15) is 5.75 Å². The van der Waals surface area contributed by atoms with E-state index in [4.69, 9.17) is 4.18 Å². The Balaban J connectivity index is 2.27. The minimum Gasteiger partial charge on any atom is -0.382 e. The molecule has 1 atom stereocenters. The number of benzene rings is 2. The number of amides is 2. The van der Waals surface area contributed by atoms with Crippen molar-refractivity contribution in [2.24, 2.45) is 0 Å². The minimum atomic E-state index is -4.61. The first-order valence-corrected chi connectivity index (χ1v) is 11.3. The number of alkyl halides is 3. The van der Waals surface area contributed by atoms with Gasteiger partial charge < -0.3 is 14.4 Å². The molecule has 0 saturated heterocycles. The number of hydrogen-bond acceptors (Lipinski definition) is 4. The number of halogens is 3. The van der Waals surface area contributed by atoms with Crippen LogP contribution in [0.5, 0.6) is 5.75 Å². The molecule has 0 saturated carbocycles. The van der Waals surface area contributed by atoms with E-state index in [0.717, 1.165) is 6.07 Å². The highest BCUT2D eigenvalue weighted by Gasteiger charge is 2.34. The summed E-state index contributed by atoms with van der Waals surface area (Å²) in [6.07, 6.45) is -4.05. The first-order valence-electron chi connectivity index (χ1n) is 9.71. The number of anilines is 1. The van der Waals surface area contributed by atoms with Crippen LogP contribution < -0.4 is 9.50 Å². The van der Waals surface area contributed by atoms with Crippen molar-refractivity contribution >= 4 is 21.8 Å². The quantitative estimate of drug-likeness (QED) is 0.547. The summed E-state index contributed by atoms with van der Waals surface area (Å²) in [4.78, 5) is 14.3. The molecule has 0 aliphatic carbocycles. The van der Waals surface area contributed by atoms with Gasteiger partial charge in [0.2, 0.25) is 0 Å². The smallest absolute Gasteiger partial charge is 0.382 e. The molecule has 0 radical (unpaired) electrons. The standard InChI is InChI=1S/C21H25F3N2O4S/c1-4-15(3)26(14-16-9-8-10-17(13-16)30-31(28,29)5-2)20(27)25-19-12-7-6-11-18(19)21(22,23)24/h6-13,15H,4-5,14H2,1-3H3,(H,25,27)/t15-/m1/s1. The lowest BCUT2D eigenvalue weighted by Gasteiger charge is -2.29. The number of carbonyl (C=O) groups is 1. The second-order valence-electron chi connectivity index (χ2n) is 6.94. The topological polar surface area (TPSA) is 75.7 Å². The van der Waals surface area contributed by atoms with Gasteiger partial charge in [-0.05, 0) is 50.1 Å². The van der Waals surface area contributed by atoms with E-state index in [2.05, 4.69) is 5.32 Å². The van der Waals surface area contributed by atoms with Gasteiger partial charge in [-0.2, -0.15) is 21.6 Å². The van der Waals surface area contributed by atoms with E-state index in [0.29, 0.717) is 12.0 Å². The van der Waals surface area contributed by atoms with Crippen LogP contribution in [0.2, 0.25) is 0 Å². The molecule has 0 aliphatic rings. The van der Waals surface area contributed by atoms with E-state index >= 15 is 0 Å². The number of nitrogens with one attached hydrogen (secondary N) is 1. The molecule has 170 valence electrons. The summed E-state index contributed by atoms with van der Waals surface area (Å²) in [7, 11) is -3.71. The largest absolute Gasteiger partial charge is 0.418 e. The summed E-state index contributed by atoms with van der Waals surface area (Å²) in [5, 5.41) is 2.35. The third-order valence-electron chi connectivity index (χ3n) is 4.69. The maximum Gasteiger partial charge on any atom is 0.418 e. The van der Waals surface area contributed by atoms with Crippen molar-refractivity contribution in [3.8, 4) is 5.75 Å². The number of rotatable bonds is 8. The van der Waals surface area contributed by atoms with E-state index in [1.807, 2.05) is 6.92 Å². The SMILES string of the molecule is CC[C@@H](C)N(Cc1cccc(OS(=O)(=O)CC)c1)C(=O)Nc1ccccc1C(F)(F)F. The molecule has 31 heavy (non-hydrogen) atoms. The molecule has 6 nitrogen and oxygen atoms in total. The van der Waals surface area contributed by atoms with Gasteiger partial charge in [-0.15, -0.1) is 0 Å². The Morgan fingerprint density at radius 1 is 1.13 bits per heavy atom. The number of urea groups is 1. The monoisotopic (exact) mass is 458 g/mol. The summed E-state index contributed by atoms with van der Waals surface area (Å²) in [5.74, 6) is -0.0941. The van der Waals surface area contributed by atoms with Crippen LogP contribution in [0.1, 0.15) is 38.3 Å². The van der Waals surface area contributed by atoms with Crippen LogP contribution >= 0.6 is 0 Å².